The zero-order valence-corrected chi connectivity index (χ0v) is 29.1. The van der Waals surface area contributed by atoms with E-state index < -0.39 is 31.7 Å². The standard InChI is InChI=1S/C35H50N2O6SSi/c1-6-9-21-45(22-10-7-2,23-11-8-3)43-44-34-31(36-30(39)24-27-17-19-29(38)20-18-27)33(40)37(34)32(26(4)5)35(41)42-25-28-15-13-12-14-16-28/h12-20,31-32,34,38H,4,6-11,21-25H2,1-3,5H3,(H,36,39). The van der Waals surface area contributed by atoms with E-state index in [1.54, 1.807) is 19.1 Å². The molecule has 1 fully saturated rings. The Morgan fingerprint density at radius 1 is 0.956 bits per heavy atom. The molecule has 0 bridgehead atoms. The van der Waals surface area contributed by atoms with Gasteiger partial charge in [-0.2, -0.15) is 0 Å². The number of hydrogen-bond donors (Lipinski definition) is 2. The Kier molecular flexibility index (Phi) is 14.7. The Bertz CT molecular complexity index is 1240. The summed E-state index contributed by atoms with van der Waals surface area (Å²) < 4.78 is 12.6. The minimum absolute atomic E-state index is 0.0491. The molecule has 1 heterocycles. The first-order valence-electron chi connectivity index (χ1n) is 16.2. The number of phenolic OH excluding ortho intramolecular Hbond substituents is 1. The highest BCUT2D eigenvalue weighted by atomic mass is 32.2. The summed E-state index contributed by atoms with van der Waals surface area (Å²) in [7, 11) is -2.19. The minimum Gasteiger partial charge on any atom is -0.508 e. The third-order valence-electron chi connectivity index (χ3n) is 8.17. The Morgan fingerprint density at radius 2 is 1.53 bits per heavy atom. The zero-order valence-electron chi connectivity index (χ0n) is 27.3. The van der Waals surface area contributed by atoms with Gasteiger partial charge >= 0.3 is 5.97 Å². The lowest BCUT2D eigenvalue weighted by molar-refractivity contribution is -0.163. The van der Waals surface area contributed by atoms with Crippen LogP contribution in [0.5, 0.6) is 5.75 Å². The first kappa shape index (κ1) is 36.4. The smallest absolute Gasteiger partial charge is 0.333 e. The lowest BCUT2D eigenvalue weighted by Gasteiger charge is -2.50. The van der Waals surface area contributed by atoms with E-state index in [0.29, 0.717) is 11.1 Å². The lowest BCUT2D eigenvalue weighted by atomic mass is 9.99. The molecule has 2 aromatic rings. The van der Waals surface area contributed by atoms with E-state index in [0.717, 1.165) is 62.2 Å². The third-order valence-corrected chi connectivity index (χ3v) is 14.5. The average Bonchev–Trinajstić information content (AvgIpc) is 3.04. The van der Waals surface area contributed by atoms with Crippen molar-refractivity contribution in [1.82, 2.24) is 10.2 Å². The van der Waals surface area contributed by atoms with Crippen molar-refractivity contribution < 1.29 is 28.1 Å². The lowest BCUT2D eigenvalue weighted by Crippen LogP contribution is -2.73. The van der Waals surface area contributed by atoms with Crippen LogP contribution in [-0.2, 0) is 36.0 Å². The van der Waals surface area contributed by atoms with E-state index in [1.807, 2.05) is 30.3 Å². The van der Waals surface area contributed by atoms with Crippen LogP contribution < -0.4 is 5.32 Å². The summed E-state index contributed by atoms with van der Waals surface area (Å²) >= 11 is 1.24. The molecule has 0 spiro atoms. The van der Waals surface area contributed by atoms with E-state index in [1.165, 1.54) is 29.1 Å². The molecule has 10 heteroatoms. The molecule has 2 N–H and O–H groups in total. The number of esters is 1. The van der Waals surface area contributed by atoms with Crippen LogP contribution in [-0.4, -0.2) is 53.6 Å². The molecule has 1 saturated heterocycles. The van der Waals surface area contributed by atoms with Gasteiger partial charge in [0.2, 0.25) is 20.1 Å². The van der Waals surface area contributed by atoms with Gasteiger partial charge < -0.3 is 23.9 Å². The maximum atomic E-state index is 13.7. The highest BCUT2D eigenvalue weighted by Gasteiger charge is 2.55. The van der Waals surface area contributed by atoms with E-state index >= 15 is 0 Å². The molecule has 2 aromatic carbocycles. The topological polar surface area (TPSA) is 105 Å². The highest BCUT2D eigenvalue weighted by molar-refractivity contribution is 7.96. The molecule has 3 atom stereocenters. The summed E-state index contributed by atoms with van der Waals surface area (Å²) in [4.78, 5) is 41.8. The summed E-state index contributed by atoms with van der Waals surface area (Å²) in [6.07, 6.45) is 6.54. The number of benzene rings is 2. The van der Waals surface area contributed by atoms with Crippen LogP contribution in [0.15, 0.2) is 66.7 Å². The first-order valence-corrected chi connectivity index (χ1v) is 19.6. The number of rotatable bonds is 20. The molecule has 0 aliphatic carbocycles. The Balaban J connectivity index is 1.86. The number of amides is 2. The van der Waals surface area contributed by atoms with E-state index in [2.05, 4.69) is 32.7 Å². The van der Waals surface area contributed by atoms with Gasteiger partial charge in [0.05, 0.1) is 6.42 Å². The van der Waals surface area contributed by atoms with Crippen molar-refractivity contribution in [2.75, 3.05) is 0 Å². The fourth-order valence-electron chi connectivity index (χ4n) is 5.53. The van der Waals surface area contributed by atoms with Crippen molar-refractivity contribution in [3.63, 3.8) is 0 Å². The first-order chi connectivity index (χ1) is 21.6. The molecular formula is C35H50N2O6SSi. The predicted molar refractivity (Wildman–Crippen MR) is 183 cm³/mol. The number of β-lactam (4-membered cyclic amide) rings is 1. The van der Waals surface area contributed by atoms with Crippen molar-refractivity contribution >= 4 is 38.1 Å². The number of nitrogens with zero attached hydrogens (tertiary/aromatic N) is 1. The predicted octanol–water partition coefficient (Wildman–Crippen LogP) is 7.29. The minimum atomic E-state index is -2.19. The van der Waals surface area contributed by atoms with Gasteiger partial charge in [0.15, 0.2) is 6.04 Å². The second-order valence-electron chi connectivity index (χ2n) is 12.0. The average molecular weight is 655 g/mol. The Morgan fingerprint density at radius 3 is 2.07 bits per heavy atom. The molecule has 1 aliphatic heterocycles. The van der Waals surface area contributed by atoms with Gasteiger partial charge in [0, 0.05) is 12.0 Å². The SMILES string of the molecule is C=C(C)C(C(=O)OCc1ccccc1)N1C(=O)C(NC(=O)Cc2ccc(O)cc2)C1SO[Si](CCCC)(CCCC)CCCC. The van der Waals surface area contributed by atoms with Crippen LogP contribution >= 0.6 is 12.0 Å². The molecule has 0 saturated carbocycles. The number of aromatic hydroxyl groups is 1. The van der Waals surface area contributed by atoms with Gasteiger partial charge in [-0.25, -0.2) is 4.79 Å². The highest BCUT2D eigenvalue weighted by Crippen LogP contribution is 2.40. The van der Waals surface area contributed by atoms with Gasteiger partial charge in [-0.05, 0) is 53.9 Å². The van der Waals surface area contributed by atoms with Gasteiger partial charge in [-0.1, -0.05) is 108 Å². The number of ether oxygens (including phenoxy) is 1. The number of phenols is 1. The number of hydrogen-bond acceptors (Lipinski definition) is 7. The second-order valence-corrected chi connectivity index (χ2v) is 17.2. The molecule has 246 valence electrons. The van der Waals surface area contributed by atoms with Crippen LogP contribution in [0, 0.1) is 0 Å². The van der Waals surface area contributed by atoms with Gasteiger partial charge in [-0.3, -0.25) is 9.59 Å². The maximum absolute atomic E-state index is 13.7. The zero-order chi connectivity index (χ0) is 32.8. The van der Waals surface area contributed by atoms with Crippen molar-refractivity contribution in [3.8, 4) is 5.75 Å². The summed E-state index contributed by atoms with van der Waals surface area (Å²) in [5, 5.41) is 11.9. The van der Waals surface area contributed by atoms with E-state index in [9.17, 15) is 19.5 Å². The van der Waals surface area contributed by atoms with Gasteiger partial charge in [0.1, 0.15) is 23.8 Å². The summed E-state index contributed by atoms with van der Waals surface area (Å²) in [5.74, 6) is -1.15. The molecule has 3 rings (SSSR count). The molecular weight excluding hydrogens is 605 g/mol. The molecule has 1 aliphatic rings. The quantitative estimate of drug-likeness (QED) is 0.0508. The Labute approximate surface area is 274 Å². The second kappa shape index (κ2) is 18.2. The molecule has 3 unspecified atom stereocenters. The fourth-order valence-corrected chi connectivity index (χ4v) is 12.1. The van der Waals surface area contributed by atoms with Crippen molar-refractivity contribution in [2.24, 2.45) is 0 Å². The van der Waals surface area contributed by atoms with Crippen LogP contribution in [0.2, 0.25) is 18.1 Å². The van der Waals surface area contributed by atoms with Gasteiger partial charge in [-0.15, -0.1) is 0 Å². The summed E-state index contributed by atoms with van der Waals surface area (Å²) in [5.41, 5.74) is 2.03. The molecule has 2 amide bonds. The van der Waals surface area contributed by atoms with Crippen LogP contribution in [0.3, 0.4) is 0 Å². The largest absolute Gasteiger partial charge is 0.508 e. The normalized spacial score (nSPS) is 17.0. The van der Waals surface area contributed by atoms with Crippen molar-refractivity contribution in [3.05, 3.63) is 77.9 Å². The molecule has 45 heavy (non-hydrogen) atoms. The number of unbranched alkanes of at least 4 members (excludes halogenated alkanes) is 3. The van der Waals surface area contributed by atoms with E-state index in [-0.39, 0.29) is 30.6 Å². The molecule has 0 radical (unpaired) electrons. The fraction of sp³-hybridized carbons (Fsp3) is 0.514. The Hall–Kier alpha value is -3.08. The van der Waals surface area contributed by atoms with Crippen molar-refractivity contribution in [1.29, 1.82) is 0 Å². The number of carbonyl (C=O) groups excluding carboxylic acids is 3. The van der Waals surface area contributed by atoms with E-state index in [4.69, 9.17) is 8.61 Å². The number of likely N-dealkylation sites (tertiary alicyclic amines) is 1. The van der Waals surface area contributed by atoms with Crippen LogP contribution in [0.4, 0.5) is 0 Å². The van der Waals surface area contributed by atoms with Crippen molar-refractivity contribution in [2.45, 2.75) is 115 Å². The van der Waals surface area contributed by atoms with Crippen LogP contribution in [0.1, 0.15) is 77.3 Å². The molecule has 0 aromatic heterocycles. The monoisotopic (exact) mass is 654 g/mol. The summed E-state index contributed by atoms with van der Waals surface area (Å²) in [6.45, 7) is 12.4. The number of carbonyl (C=O) groups is 3. The maximum Gasteiger partial charge on any atom is 0.333 e. The third kappa shape index (κ3) is 10.5. The van der Waals surface area contributed by atoms with Crippen LogP contribution in [0.25, 0.3) is 0 Å². The summed E-state index contributed by atoms with van der Waals surface area (Å²) in [6, 6.07) is 17.0. The number of nitrogens with one attached hydrogen (secondary N) is 1. The molecule has 8 nitrogen and oxygen atoms in total. The van der Waals surface area contributed by atoms with Gasteiger partial charge in [0.25, 0.3) is 0 Å².